The Hall–Kier alpha value is -2.00. The van der Waals surface area contributed by atoms with Gasteiger partial charge in [-0.2, -0.15) is 0 Å². The monoisotopic (exact) mass is 297 g/mol. The van der Waals surface area contributed by atoms with Crippen LogP contribution < -0.4 is 14.8 Å². The summed E-state index contributed by atoms with van der Waals surface area (Å²) < 4.78 is 11.0. The zero-order chi connectivity index (χ0) is 15.5. The SMILES string of the molecule is CC[C@@H]1Cc2cc(OC)c(OC)cc2[C@@H](c2ccccc2)N1. The van der Waals surface area contributed by atoms with Gasteiger partial charge < -0.3 is 14.8 Å². The van der Waals surface area contributed by atoms with Crippen LogP contribution >= 0.6 is 0 Å². The number of methoxy groups -OCH3 is 2. The maximum absolute atomic E-state index is 5.49. The third-order valence-corrected chi connectivity index (χ3v) is 4.45. The molecule has 0 saturated carbocycles. The van der Waals surface area contributed by atoms with Gasteiger partial charge in [0, 0.05) is 6.04 Å². The number of rotatable bonds is 4. The topological polar surface area (TPSA) is 30.5 Å². The summed E-state index contributed by atoms with van der Waals surface area (Å²) in [5, 5.41) is 3.77. The summed E-state index contributed by atoms with van der Waals surface area (Å²) in [5.41, 5.74) is 3.92. The molecule has 2 aromatic carbocycles. The molecule has 0 spiro atoms. The molecule has 116 valence electrons. The predicted molar refractivity (Wildman–Crippen MR) is 88.7 cm³/mol. The molecule has 0 bridgehead atoms. The first-order chi connectivity index (χ1) is 10.8. The second-order valence-corrected chi connectivity index (χ2v) is 5.73. The third kappa shape index (κ3) is 2.69. The highest BCUT2D eigenvalue weighted by Crippen LogP contribution is 2.38. The van der Waals surface area contributed by atoms with Crippen molar-refractivity contribution in [3.63, 3.8) is 0 Å². The van der Waals surface area contributed by atoms with Gasteiger partial charge in [0.1, 0.15) is 0 Å². The van der Waals surface area contributed by atoms with Crippen molar-refractivity contribution in [2.75, 3.05) is 14.2 Å². The molecule has 22 heavy (non-hydrogen) atoms. The number of hydrogen-bond donors (Lipinski definition) is 1. The lowest BCUT2D eigenvalue weighted by molar-refractivity contribution is 0.350. The van der Waals surface area contributed by atoms with Gasteiger partial charge in [-0.1, -0.05) is 37.3 Å². The molecule has 3 rings (SSSR count). The van der Waals surface area contributed by atoms with E-state index in [1.807, 2.05) is 0 Å². The number of benzene rings is 2. The van der Waals surface area contributed by atoms with E-state index < -0.39 is 0 Å². The lowest BCUT2D eigenvalue weighted by atomic mass is 9.85. The molecule has 1 aliphatic heterocycles. The van der Waals surface area contributed by atoms with Gasteiger partial charge in [0.15, 0.2) is 11.5 Å². The number of nitrogens with one attached hydrogen (secondary N) is 1. The van der Waals surface area contributed by atoms with E-state index in [0.717, 1.165) is 24.3 Å². The summed E-state index contributed by atoms with van der Waals surface area (Å²) in [6.45, 7) is 2.23. The Bertz CT molecular complexity index is 639. The Kier molecular flexibility index (Phi) is 4.34. The van der Waals surface area contributed by atoms with Gasteiger partial charge in [0.05, 0.1) is 20.3 Å². The fourth-order valence-corrected chi connectivity index (χ4v) is 3.22. The maximum Gasteiger partial charge on any atom is 0.161 e. The van der Waals surface area contributed by atoms with Crippen LogP contribution in [-0.4, -0.2) is 20.3 Å². The van der Waals surface area contributed by atoms with Crippen LogP contribution in [0.2, 0.25) is 0 Å². The van der Waals surface area contributed by atoms with Gasteiger partial charge in [-0.3, -0.25) is 0 Å². The van der Waals surface area contributed by atoms with Crippen molar-refractivity contribution in [3.05, 3.63) is 59.2 Å². The van der Waals surface area contributed by atoms with Crippen LogP contribution in [0.25, 0.3) is 0 Å². The molecule has 1 N–H and O–H groups in total. The summed E-state index contributed by atoms with van der Waals surface area (Å²) in [7, 11) is 3.38. The molecule has 3 nitrogen and oxygen atoms in total. The normalized spacial score (nSPS) is 20.3. The largest absolute Gasteiger partial charge is 0.493 e. The van der Waals surface area contributed by atoms with E-state index in [4.69, 9.17) is 9.47 Å². The van der Waals surface area contributed by atoms with Gasteiger partial charge in [0.25, 0.3) is 0 Å². The summed E-state index contributed by atoms with van der Waals surface area (Å²) in [4.78, 5) is 0. The van der Waals surface area contributed by atoms with Gasteiger partial charge in [-0.05, 0) is 41.7 Å². The van der Waals surface area contributed by atoms with E-state index in [1.165, 1.54) is 16.7 Å². The highest BCUT2D eigenvalue weighted by molar-refractivity contribution is 5.51. The average molecular weight is 297 g/mol. The quantitative estimate of drug-likeness (QED) is 0.933. The van der Waals surface area contributed by atoms with Crippen LogP contribution in [0.5, 0.6) is 11.5 Å². The van der Waals surface area contributed by atoms with Crippen molar-refractivity contribution in [2.45, 2.75) is 31.8 Å². The van der Waals surface area contributed by atoms with Gasteiger partial charge in [-0.25, -0.2) is 0 Å². The molecule has 0 amide bonds. The van der Waals surface area contributed by atoms with E-state index in [2.05, 4.69) is 54.7 Å². The Morgan fingerprint density at radius 3 is 2.36 bits per heavy atom. The molecule has 0 aliphatic carbocycles. The highest BCUT2D eigenvalue weighted by Gasteiger charge is 2.28. The van der Waals surface area contributed by atoms with E-state index in [1.54, 1.807) is 14.2 Å². The summed E-state index contributed by atoms with van der Waals surface area (Å²) >= 11 is 0. The van der Waals surface area contributed by atoms with Crippen LogP contribution in [0.4, 0.5) is 0 Å². The lowest BCUT2D eigenvalue weighted by Gasteiger charge is -2.34. The maximum atomic E-state index is 5.49. The Labute approximate surface area is 132 Å². The molecule has 2 aromatic rings. The second kappa shape index (κ2) is 6.41. The number of fused-ring (bicyclic) bond motifs is 1. The molecule has 0 fully saturated rings. The van der Waals surface area contributed by atoms with Crippen LogP contribution in [0.15, 0.2) is 42.5 Å². The number of ether oxygens (including phenoxy) is 2. The Balaban J connectivity index is 2.10. The van der Waals surface area contributed by atoms with Crippen LogP contribution in [0.1, 0.15) is 36.1 Å². The summed E-state index contributed by atoms with van der Waals surface area (Å²) in [5.74, 6) is 1.60. The van der Waals surface area contributed by atoms with E-state index in [9.17, 15) is 0 Å². The smallest absolute Gasteiger partial charge is 0.161 e. The minimum atomic E-state index is 0.203. The zero-order valence-corrected chi connectivity index (χ0v) is 13.4. The Morgan fingerprint density at radius 1 is 1.05 bits per heavy atom. The van der Waals surface area contributed by atoms with Gasteiger partial charge in [0.2, 0.25) is 0 Å². The average Bonchev–Trinajstić information content (AvgIpc) is 2.60. The molecular formula is C19H23NO2. The first-order valence-electron chi connectivity index (χ1n) is 7.82. The molecule has 0 aromatic heterocycles. The van der Waals surface area contributed by atoms with E-state index in [0.29, 0.717) is 6.04 Å². The molecule has 1 aliphatic rings. The van der Waals surface area contributed by atoms with Crippen LogP contribution in [0.3, 0.4) is 0 Å². The molecule has 0 radical (unpaired) electrons. The van der Waals surface area contributed by atoms with E-state index >= 15 is 0 Å². The minimum absolute atomic E-state index is 0.203. The molecule has 0 saturated heterocycles. The molecule has 3 heteroatoms. The molecule has 2 atom stereocenters. The first-order valence-corrected chi connectivity index (χ1v) is 7.82. The van der Waals surface area contributed by atoms with Gasteiger partial charge in [-0.15, -0.1) is 0 Å². The van der Waals surface area contributed by atoms with Crippen molar-refractivity contribution < 1.29 is 9.47 Å². The van der Waals surface area contributed by atoms with Crippen molar-refractivity contribution in [3.8, 4) is 11.5 Å². The molecular weight excluding hydrogens is 274 g/mol. The zero-order valence-electron chi connectivity index (χ0n) is 13.4. The fraction of sp³-hybridized carbons (Fsp3) is 0.368. The highest BCUT2D eigenvalue weighted by atomic mass is 16.5. The standard InChI is InChI=1S/C19H23NO2/c1-4-15-10-14-11-17(21-2)18(22-3)12-16(14)19(20-15)13-8-6-5-7-9-13/h5-9,11-12,15,19-20H,4,10H2,1-3H3/t15-,19-/m1/s1. The van der Waals surface area contributed by atoms with Crippen molar-refractivity contribution in [1.82, 2.24) is 5.32 Å². The van der Waals surface area contributed by atoms with Crippen molar-refractivity contribution >= 4 is 0 Å². The lowest BCUT2D eigenvalue weighted by Crippen LogP contribution is -2.39. The molecule has 0 unspecified atom stereocenters. The predicted octanol–water partition coefficient (Wildman–Crippen LogP) is 3.72. The Morgan fingerprint density at radius 2 is 1.73 bits per heavy atom. The van der Waals surface area contributed by atoms with Crippen molar-refractivity contribution in [1.29, 1.82) is 0 Å². The summed E-state index contributed by atoms with van der Waals surface area (Å²) in [6.07, 6.45) is 2.13. The fourth-order valence-electron chi connectivity index (χ4n) is 3.22. The second-order valence-electron chi connectivity index (χ2n) is 5.73. The first kappa shape index (κ1) is 14.9. The number of hydrogen-bond acceptors (Lipinski definition) is 3. The van der Waals surface area contributed by atoms with E-state index in [-0.39, 0.29) is 6.04 Å². The minimum Gasteiger partial charge on any atom is -0.493 e. The molecule has 1 heterocycles. The van der Waals surface area contributed by atoms with Crippen LogP contribution in [-0.2, 0) is 6.42 Å². The van der Waals surface area contributed by atoms with Crippen molar-refractivity contribution in [2.24, 2.45) is 0 Å². The summed E-state index contributed by atoms with van der Waals surface area (Å²) in [6, 6.07) is 15.5. The van der Waals surface area contributed by atoms with Crippen LogP contribution in [0, 0.1) is 0 Å². The third-order valence-electron chi connectivity index (χ3n) is 4.45. The van der Waals surface area contributed by atoms with Gasteiger partial charge >= 0.3 is 0 Å².